The average molecular weight is 397 g/mol. The molecule has 2 aromatic heterocycles. The van der Waals surface area contributed by atoms with Crippen LogP contribution in [-0.2, 0) is 11.2 Å². The molecule has 9 heteroatoms. The van der Waals surface area contributed by atoms with Crippen molar-refractivity contribution in [3.05, 3.63) is 46.7 Å². The number of methoxy groups -OCH3 is 2. The number of carbonyl (C=O) groups is 1. The second-order valence-corrected chi connectivity index (χ2v) is 6.40. The Morgan fingerprint density at radius 3 is 2.62 bits per heavy atom. The molecule has 150 valence electrons. The van der Waals surface area contributed by atoms with Crippen molar-refractivity contribution < 1.29 is 18.7 Å². The molecule has 3 aromatic rings. The first-order valence-electron chi connectivity index (χ1n) is 8.84. The van der Waals surface area contributed by atoms with E-state index in [1.165, 1.54) is 26.5 Å². The molecule has 0 fully saturated rings. The molecular weight excluding hydrogens is 377 g/mol. The zero-order chi connectivity index (χ0) is 21.1. The Kier molecular flexibility index (Phi) is 5.64. The van der Waals surface area contributed by atoms with E-state index in [4.69, 9.17) is 14.7 Å². The minimum absolute atomic E-state index is 0.0143. The number of rotatable bonds is 6. The van der Waals surface area contributed by atoms with Gasteiger partial charge >= 0.3 is 0 Å². The van der Waals surface area contributed by atoms with Crippen LogP contribution in [0.5, 0.6) is 11.5 Å². The van der Waals surface area contributed by atoms with E-state index in [9.17, 15) is 9.18 Å². The number of fused-ring (bicyclic) bond motifs is 1. The first-order valence-corrected chi connectivity index (χ1v) is 8.84. The Hall–Kier alpha value is -3.67. The summed E-state index contributed by atoms with van der Waals surface area (Å²) >= 11 is 0. The van der Waals surface area contributed by atoms with E-state index < -0.39 is 5.82 Å². The number of anilines is 1. The first kappa shape index (κ1) is 20.1. The highest BCUT2D eigenvalue weighted by Gasteiger charge is 2.16. The Labute approximate surface area is 166 Å². The number of amides is 1. The van der Waals surface area contributed by atoms with Crippen LogP contribution in [0.3, 0.4) is 0 Å². The van der Waals surface area contributed by atoms with Gasteiger partial charge in [0, 0.05) is 29.9 Å². The van der Waals surface area contributed by atoms with Gasteiger partial charge in [-0.3, -0.25) is 4.79 Å². The number of hydrogen-bond donors (Lipinski definition) is 1. The number of hydrogen-bond acceptors (Lipinski definition) is 6. The van der Waals surface area contributed by atoms with Crippen LogP contribution in [0.4, 0.5) is 10.1 Å². The molecule has 3 rings (SSSR count). The summed E-state index contributed by atoms with van der Waals surface area (Å²) in [6, 6.07) is 4.60. The lowest BCUT2D eigenvalue weighted by Gasteiger charge is -2.13. The van der Waals surface area contributed by atoms with Crippen molar-refractivity contribution >= 4 is 17.2 Å². The van der Waals surface area contributed by atoms with Gasteiger partial charge in [-0.2, -0.15) is 10.4 Å². The van der Waals surface area contributed by atoms with Gasteiger partial charge in [0.15, 0.2) is 23.0 Å². The van der Waals surface area contributed by atoms with Gasteiger partial charge in [-0.25, -0.2) is 13.9 Å². The molecule has 0 saturated carbocycles. The molecule has 0 spiro atoms. The molecule has 0 radical (unpaired) electrons. The normalized spacial score (nSPS) is 10.6. The molecule has 0 unspecified atom stereocenters. The number of halogens is 1. The number of carbonyl (C=O) groups excluding carboxylic acids is 1. The summed E-state index contributed by atoms with van der Waals surface area (Å²) in [5, 5.41) is 15.9. The molecule has 0 saturated heterocycles. The third-order valence-corrected chi connectivity index (χ3v) is 4.68. The van der Waals surface area contributed by atoms with E-state index in [-0.39, 0.29) is 23.8 Å². The van der Waals surface area contributed by atoms with Crippen LogP contribution < -0.4 is 14.8 Å². The summed E-state index contributed by atoms with van der Waals surface area (Å²) in [6.45, 7) is 3.68. The number of aryl methyl sites for hydroxylation is 2. The zero-order valence-electron chi connectivity index (χ0n) is 16.5. The van der Waals surface area contributed by atoms with Gasteiger partial charge in [-0.1, -0.05) is 0 Å². The Bertz CT molecular complexity index is 1130. The minimum atomic E-state index is -0.618. The van der Waals surface area contributed by atoms with E-state index in [1.807, 2.05) is 13.8 Å². The number of benzene rings is 1. The number of aromatic nitrogens is 3. The first-order chi connectivity index (χ1) is 13.9. The zero-order valence-corrected chi connectivity index (χ0v) is 16.5. The summed E-state index contributed by atoms with van der Waals surface area (Å²) in [7, 11) is 2.84. The van der Waals surface area contributed by atoms with Crippen molar-refractivity contribution in [1.82, 2.24) is 14.6 Å². The maximum absolute atomic E-state index is 14.2. The fourth-order valence-corrected chi connectivity index (χ4v) is 3.15. The van der Waals surface area contributed by atoms with Crippen molar-refractivity contribution in [1.29, 1.82) is 5.26 Å². The van der Waals surface area contributed by atoms with E-state index in [2.05, 4.69) is 21.5 Å². The van der Waals surface area contributed by atoms with Gasteiger partial charge in [0.2, 0.25) is 5.91 Å². The maximum Gasteiger partial charge on any atom is 0.224 e. The second-order valence-electron chi connectivity index (χ2n) is 6.40. The molecule has 2 heterocycles. The van der Waals surface area contributed by atoms with E-state index in [1.54, 1.807) is 4.52 Å². The quantitative estimate of drug-likeness (QED) is 0.686. The van der Waals surface area contributed by atoms with Gasteiger partial charge in [-0.15, -0.1) is 0 Å². The molecule has 1 aromatic carbocycles. The minimum Gasteiger partial charge on any atom is -0.493 e. The predicted molar refractivity (Wildman–Crippen MR) is 104 cm³/mol. The number of ether oxygens (including phenoxy) is 2. The largest absolute Gasteiger partial charge is 0.493 e. The van der Waals surface area contributed by atoms with Crippen LogP contribution in [0.1, 0.15) is 28.9 Å². The van der Waals surface area contributed by atoms with Crippen molar-refractivity contribution in [3.8, 4) is 17.6 Å². The number of nitrogens with zero attached hydrogens (tertiary/aromatic N) is 4. The number of nitriles is 1. The molecule has 0 atom stereocenters. The fraction of sp³-hybridized carbons (Fsp3) is 0.300. The Balaban J connectivity index is 1.77. The standard InChI is InChI=1S/C20H20FN5O3/c1-11-14(12(2)26-20(24-11)13(9-22)10-23-26)5-6-19(27)25-16-8-18(29-4)17(28-3)7-15(16)21/h7-8,10H,5-6H2,1-4H3,(H,25,27). The molecule has 1 amide bonds. The van der Waals surface area contributed by atoms with E-state index in [0.29, 0.717) is 23.4 Å². The van der Waals surface area contributed by atoms with Crippen molar-refractivity contribution in [2.45, 2.75) is 26.7 Å². The third kappa shape index (κ3) is 3.82. The lowest BCUT2D eigenvalue weighted by Crippen LogP contribution is -2.15. The van der Waals surface area contributed by atoms with Crippen LogP contribution in [0, 0.1) is 31.0 Å². The number of nitrogens with one attached hydrogen (secondary N) is 1. The molecule has 0 aliphatic carbocycles. The average Bonchev–Trinajstić information content (AvgIpc) is 3.11. The molecule has 1 N–H and O–H groups in total. The van der Waals surface area contributed by atoms with Gasteiger partial charge in [0.05, 0.1) is 26.1 Å². The van der Waals surface area contributed by atoms with Crippen molar-refractivity contribution in [3.63, 3.8) is 0 Å². The van der Waals surface area contributed by atoms with Gasteiger partial charge in [0.25, 0.3) is 0 Å². The monoisotopic (exact) mass is 397 g/mol. The van der Waals surface area contributed by atoms with Crippen LogP contribution in [-0.4, -0.2) is 34.7 Å². The molecule has 29 heavy (non-hydrogen) atoms. The van der Waals surface area contributed by atoms with Crippen molar-refractivity contribution in [2.75, 3.05) is 19.5 Å². The van der Waals surface area contributed by atoms with E-state index in [0.717, 1.165) is 23.0 Å². The molecule has 0 bridgehead atoms. The molecule has 8 nitrogen and oxygen atoms in total. The predicted octanol–water partition coefficient (Wildman–Crippen LogP) is 2.95. The lowest BCUT2D eigenvalue weighted by atomic mass is 10.1. The summed E-state index contributed by atoms with van der Waals surface area (Å²) in [6.07, 6.45) is 1.98. The summed E-state index contributed by atoms with van der Waals surface area (Å²) in [4.78, 5) is 16.8. The highest BCUT2D eigenvalue weighted by atomic mass is 19.1. The summed E-state index contributed by atoms with van der Waals surface area (Å²) < 4.78 is 26.0. The lowest BCUT2D eigenvalue weighted by molar-refractivity contribution is -0.116. The molecule has 0 aliphatic rings. The summed E-state index contributed by atoms with van der Waals surface area (Å²) in [5.41, 5.74) is 3.28. The summed E-state index contributed by atoms with van der Waals surface area (Å²) in [5.74, 6) is -0.415. The van der Waals surface area contributed by atoms with Gasteiger partial charge < -0.3 is 14.8 Å². The topological polar surface area (TPSA) is 102 Å². The van der Waals surface area contributed by atoms with Crippen molar-refractivity contribution in [2.24, 2.45) is 0 Å². The molecule has 0 aliphatic heterocycles. The van der Waals surface area contributed by atoms with Crippen LogP contribution >= 0.6 is 0 Å². The van der Waals surface area contributed by atoms with Crippen LogP contribution in [0.2, 0.25) is 0 Å². The fourth-order valence-electron chi connectivity index (χ4n) is 3.15. The second kappa shape index (κ2) is 8.14. The molecular formula is C20H20FN5O3. The Morgan fingerprint density at radius 1 is 1.28 bits per heavy atom. The van der Waals surface area contributed by atoms with Crippen LogP contribution in [0.15, 0.2) is 18.3 Å². The maximum atomic E-state index is 14.2. The third-order valence-electron chi connectivity index (χ3n) is 4.68. The van der Waals surface area contributed by atoms with Gasteiger partial charge in [-0.05, 0) is 25.8 Å². The SMILES string of the molecule is COc1cc(F)c(NC(=O)CCc2c(C)nc3c(C#N)cnn3c2C)cc1OC. The highest BCUT2D eigenvalue weighted by molar-refractivity contribution is 5.91. The Morgan fingerprint density at radius 2 is 1.97 bits per heavy atom. The smallest absolute Gasteiger partial charge is 0.224 e. The van der Waals surface area contributed by atoms with E-state index >= 15 is 0 Å². The van der Waals surface area contributed by atoms with Crippen LogP contribution in [0.25, 0.3) is 5.65 Å². The highest BCUT2D eigenvalue weighted by Crippen LogP contribution is 2.32. The van der Waals surface area contributed by atoms with Gasteiger partial charge in [0.1, 0.15) is 11.6 Å².